The predicted molar refractivity (Wildman–Crippen MR) is 87.1 cm³/mol. The highest BCUT2D eigenvalue weighted by molar-refractivity contribution is 5.84. The molecule has 3 aromatic rings. The van der Waals surface area contributed by atoms with Gasteiger partial charge in [-0.15, -0.1) is 10.2 Å². The van der Waals surface area contributed by atoms with Gasteiger partial charge in [-0.25, -0.2) is 4.79 Å². The molecule has 0 N–H and O–H groups in total. The van der Waals surface area contributed by atoms with Crippen molar-refractivity contribution in [3.63, 3.8) is 0 Å². The Morgan fingerprint density at radius 1 is 1.04 bits per heavy atom. The Labute approximate surface area is 147 Å². The molecule has 3 rings (SSSR count). The van der Waals surface area contributed by atoms with E-state index >= 15 is 0 Å². The molecular formula is C15H10F3N5O4. The van der Waals surface area contributed by atoms with Crippen LogP contribution in [0.1, 0.15) is 5.56 Å². The molecule has 0 saturated carbocycles. The van der Waals surface area contributed by atoms with Gasteiger partial charge in [0.25, 0.3) is 11.2 Å². The van der Waals surface area contributed by atoms with E-state index < -0.39 is 44.6 Å². The third kappa shape index (κ3) is 2.84. The Morgan fingerprint density at radius 2 is 1.63 bits per heavy atom. The van der Waals surface area contributed by atoms with Gasteiger partial charge in [0.15, 0.2) is 5.65 Å². The number of nitro benzene ring substituents is 1. The molecule has 12 heteroatoms. The van der Waals surface area contributed by atoms with Gasteiger partial charge in [-0.2, -0.15) is 13.2 Å². The molecular weight excluding hydrogens is 371 g/mol. The number of hydrogen-bond acceptors (Lipinski definition) is 6. The number of alkyl halides is 3. The zero-order valence-electron chi connectivity index (χ0n) is 13.8. The van der Waals surface area contributed by atoms with E-state index in [1.165, 1.54) is 7.05 Å². The molecule has 2 aromatic heterocycles. The van der Waals surface area contributed by atoms with E-state index in [4.69, 9.17) is 0 Å². The van der Waals surface area contributed by atoms with E-state index in [0.29, 0.717) is 4.57 Å². The van der Waals surface area contributed by atoms with Gasteiger partial charge in [-0.05, 0) is 12.1 Å². The summed E-state index contributed by atoms with van der Waals surface area (Å²) in [6.07, 6.45) is -4.99. The molecule has 0 spiro atoms. The normalized spacial score (nSPS) is 11.7. The number of fused-ring (bicyclic) bond motifs is 1. The fourth-order valence-electron chi connectivity index (χ4n) is 2.65. The molecule has 0 atom stereocenters. The molecule has 0 fully saturated rings. The average molecular weight is 381 g/mol. The van der Waals surface area contributed by atoms with Crippen molar-refractivity contribution in [3.8, 4) is 11.3 Å². The lowest BCUT2D eigenvalue weighted by Gasteiger charge is -2.15. The molecule has 0 unspecified atom stereocenters. The van der Waals surface area contributed by atoms with Crippen LogP contribution >= 0.6 is 0 Å². The smallest absolute Gasteiger partial charge is 0.279 e. The number of rotatable bonds is 2. The highest BCUT2D eigenvalue weighted by Gasteiger charge is 2.39. The first-order valence-electron chi connectivity index (χ1n) is 7.32. The van der Waals surface area contributed by atoms with Gasteiger partial charge in [0.05, 0.1) is 10.3 Å². The summed E-state index contributed by atoms with van der Waals surface area (Å²) in [5, 5.41) is 17.1. The van der Waals surface area contributed by atoms with Crippen LogP contribution < -0.4 is 11.2 Å². The highest BCUT2D eigenvalue weighted by Crippen LogP contribution is 2.38. The fraction of sp³-hybridized carbons (Fsp3) is 0.200. The summed E-state index contributed by atoms with van der Waals surface area (Å²) in [7, 11) is 2.22. The molecule has 0 saturated heterocycles. The van der Waals surface area contributed by atoms with Crippen LogP contribution in [-0.4, -0.2) is 24.3 Å². The first kappa shape index (κ1) is 18.2. The number of non-ortho nitro benzene ring substituents is 1. The lowest BCUT2D eigenvalue weighted by atomic mass is 10.0. The minimum absolute atomic E-state index is 0.113. The van der Waals surface area contributed by atoms with Gasteiger partial charge in [0, 0.05) is 31.8 Å². The van der Waals surface area contributed by atoms with Gasteiger partial charge < -0.3 is 0 Å². The molecule has 0 aliphatic rings. The van der Waals surface area contributed by atoms with Gasteiger partial charge in [0.1, 0.15) is 11.3 Å². The Kier molecular flexibility index (Phi) is 4.05. The highest BCUT2D eigenvalue weighted by atomic mass is 19.4. The number of aromatic nitrogens is 4. The van der Waals surface area contributed by atoms with E-state index in [1.54, 1.807) is 0 Å². The van der Waals surface area contributed by atoms with Crippen molar-refractivity contribution < 1.29 is 18.1 Å². The standard InChI is InChI=1S/C15H10F3N5O4/c1-21-12-9(13(24)22(2)14(21)25)10(15(16,17)18)11(19-20-12)7-3-5-8(6-4-7)23(26)27/h3-6H,1-2H3. The average Bonchev–Trinajstić information content (AvgIpc) is 2.62. The van der Waals surface area contributed by atoms with Crippen LogP contribution in [0.2, 0.25) is 0 Å². The van der Waals surface area contributed by atoms with Gasteiger partial charge in [0.2, 0.25) is 0 Å². The van der Waals surface area contributed by atoms with Crippen LogP contribution in [0.3, 0.4) is 0 Å². The number of benzene rings is 1. The van der Waals surface area contributed by atoms with Crippen LogP contribution in [0.5, 0.6) is 0 Å². The summed E-state index contributed by atoms with van der Waals surface area (Å²) < 4.78 is 42.7. The summed E-state index contributed by atoms with van der Waals surface area (Å²) in [5.74, 6) is 0. The molecule has 0 radical (unpaired) electrons. The van der Waals surface area contributed by atoms with E-state index in [0.717, 1.165) is 35.9 Å². The Balaban J connectivity index is 2.46. The summed E-state index contributed by atoms with van der Waals surface area (Å²) >= 11 is 0. The molecule has 9 nitrogen and oxygen atoms in total. The van der Waals surface area contributed by atoms with Crippen LogP contribution in [0.15, 0.2) is 33.9 Å². The number of aryl methyl sites for hydroxylation is 1. The summed E-state index contributed by atoms with van der Waals surface area (Å²) in [4.78, 5) is 34.3. The zero-order valence-corrected chi connectivity index (χ0v) is 13.8. The lowest BCUT2D eigenvalue weighted by molar-refractivity contribution is -0.384. The molecule has 27 heavy (non-hydrogen) atoms. The fourth-order valence-corrected chi connectivity index (χ4v) is 2.65. The van der Waals surface area contributed by atoms with Crippen molar-refractivity contribution in [1.29, 1.82) is 0 Å². The maximum atomic E-state index is 13.8. The van der Waals surface area contributed by atoms with Crippen LogP contribution in [0.25, 0.3) is 22.3 Å². The predicted octanol–water partition coefficient (Wildman–Crippen LogP) is 1.62. The van der Waals surface area contributed by atoms with Gasteiger partial charge in [-0.1, -0.05) is 0 Å². The van der Waals surface area contributed by atoms with Crippen molar-refractivity contribution in [3.05, 3.63) is 60.8 Å². The maximum Gasteiger partial charge on any atom is 0.419 e. The lowest BCUT2D eigenvalue weighted by Crippen LogP contribution is -2.38. The third-order valence-corrected chi connectivity index (χ3v) is 4.00. The Morgan fingerprint density at radius 3 is 2.15 bits per heavy atom. The minimum atomic E-state index is -4.99. The van der Waals surface area contributed by atoms with E-state index in [9.17, 15) is 32.9 Å². The first-order valence-corrected chi connectivity index (χ1v) is 7.32. The maximum absolute atomic E-state index is 13.8. The summed E-state index contributed by atoms with van der Waals surface area (Å²) in [6, 6.07) is 4.19. The molecule has 0 amide bonds. The third-order valence-electron chi connectivity index (χ3n) is 4.00. The molecule has 0 aliphatic carbocycles. The first-order chi connectivity index (χ1) is 12.5. The van der Waals surface area contributed by atoms with Gasteiger partial charge in [-0.3, -0.25) is 24.0 Å². The van der Waals surface area contributed by atoms with E-state index in [1.807, 2.05) is 0 Å². The molecule has 0 bridgehead atoms. The van der Waals surface area contributed by atoms with Gasteiger partial charge >= 0.3 is 11.9 Å². The topological polar surface area (TPSA) is 113 Å². The van der Waals surface area contributed by atoms with E-state index in [-0.39, 0.29) is 11.3 Å². The van der Waals surface area contributed by atoms with Crippen molar-refractivity contribution in [1.82, 2.24) is 19.3 Å². The van der Waals surface area contributed by atoms with E-state index in [2.05, 4.69) is 10.2 Å². The van der Waals surface area contributed by atoms with Crippen molar-refractivity contribution >= 4 is 16.7 Å². The second-order valence-electron chi connectivity index (χ2n) is 5.63. The van der Waals surface area contributed by atoms with Crippen LogP contribution in [0, 0.1) is 10.1 Å². The minimum Gasteiger partial charge on any atom is -0.279 e. The van der Waals surface area contributed by atoms with Crippen molar-refractivity contribution in [2.45, 2.75) is 6.18 Å². The number of nitrogens with zero attached hydrogens (tertiary/aromatic N) is 5. The summed E-state index contributed by atoms with van der Waals surface area (Å²) in [5.41, 5.74) is -4.99. The van der Waals surface area contributed by atoms with Crippen LogP contribution in [0.4, 0.5) is 18.9 Å². The quantitative estimate of drug-likeness (QED) is 0.492. The number of hydrogen-bond donors (Lipinski definition) is 0. The molecule has 0 aliphatic heterocycles. The van der Waals surface area contributed by atoms with Crippen molar-refractivity contribution in [2.75, 3.05) is 0 Å². The SMILES string of the molecule is Cn1c(=O)c2c(C(F)(F)F)c(-c3ccc([N+](=O)[O-])cc3)nnc2n(C)c1=O. The van der Waals surface area contributed by atoms with Crippen LogP contribution in [-0.2, 0) is 20.3 Å². The Hall–Kier alpha value is -3.57. The monoisotopic (exact) mass is 381 g/mol. The largest absolute Gasteiger partial charge is 0.419 e. The second kappa shape index (κ2) is 6.00. The summed E-state index contributed by atoms with van der Waals surface area (Å²) in [6.45, 7) is 0. The second-order valence-corrected chi connectivity index (χ2v) is 5.63. The number of nitro groups is 1. The molecule has 140 valence electrons. The Bertz CT molecular complexity index is 1200. The number of halogens is 3. The molecule has 1 aromatic carbocycles. The zero-order chi connectivity index (χ0) is 20.1. The van der Waals surface area contributed by atoms with Crippen molar-refractivity contribution in [2.24, 2.45) is 14.1 Å². The molecule has 2 heterocycles.